The van der Waals surface area contributed by atoms with Gasteiger partial charge < -0.3 is 10.6 Å². The number of guanidine groups is 1. The van der Waals surface area contributed by atoms with Crippen molar-refractivity contribution in [2.45, 2.75) is 26.4 Å². The van der Waals surface area contributed by atoms with Gasteiger partial charge in [-0.1, -0.05) is 13.8 Å². The van der Waals surface area contributed by atoms with Gasteiger partial charge in [0.2, 0.25) is 0 Å². The lowest BCUT2D eigenvalue weighted by Crippen LogP contribution is -2.39. The highest BCUT2D eigenvalue weighted by molar-refractivity contribution is 14.0. The maximum Gasteiger partial charge on any atom is 0.434 e. The predicted molar refractivity (Wildman–Crippen MR) is 90.4 cm³/mol. The van der Waals surface area contributed by atoms with Gasteiger partial charge in [-0.05, 0) is 5.92 Å². The normalized spacial score (nSPS) is 12.2. The van der Waals surface area contributed by atoms with E-state index in [1.165, 1.54) is 0 Å². The zero-order valence-electron chi connectivity index (χ0n) is 12.1. The van der Waals surface area contributed by atoms with E-state index >= 15 is 0 Å². The highest BCUT2D eigenvalue weighted by atomic mass is 127. The van der Waals surface area contributed by atoms with Crippen LogP contribution in [0, 0.1) is 5.92 Å². The number of aromatic nitrogens is 1. The first-order chi connectivity index (χ1) is 9.32. The molecule has 0 saturated carbocycles. The van der Waals surface area contributed by atoms with Gasteiger partial charge in [-0.15, -0.1) is 35.3 Å². The molecular formula is C12H20F3IN4S. The molecule has 0 aliphatic carbocycles. The molecule has 0 aliphatic rings. The maximum absolute atomic E-state index is 12.4. The second kappa shape index (κ2) is 9.44. The summed E-state index contributed by atoms with van der Waals surface area (Å²) in [6.45, 7) is 5.43. The van der Waals surface area contributed by atoms with Crippen LogP contribution in [-0.4, -0.2) is 31.1 Å². The summed E-state index contributed by atoms with van der Waals surface area (Å²) in [6.07, 6.45) is -3.93. The van der Waals surface area contributed by atoms with Crippen molar-refractivity contribution in [3.8, 4) is 0 Å². The lowest BCUT2D eigenvalue weighted by atomic mass is 10.2. The minimum atomic E-state index is -4.36. The van der Waals surface area contributed by atoms with Crippen LogP contribution in [0.2, 0.25) is 0 Å². The summed E-state index contributed by atoms with van der Waals surface area (Å²) in [5.41, 5.74) is -0.820. The molecule has 1 rings (SSSR count). The molecule has 0 bridgehead atoms. The molecule has 1 aromatic rings. The number of halogens is 4. The fraction of sp³-hybridized carbons (Fsp3) is 0.667. The van der Waals surface area contributed by atoms with Crippen molar-refractivity contribution >= 4 is 41.3 Å². The van der Waals surface area contributed by atoms with Crippen molar-refractivity contribution in [2.75, 3.05) is 20.1 Å². The smallest absolute Gasteiger partial charge is 0.356 e. The molecule has 0 aromatic carbocycles. The molecule has 122 valence electrons. The molecule has 0 spiro atoms. The Morgan fingerprint density at radius 2 is 2.05 bits per heavy atom. The number of hydrogen-bond donors (Lipinski definition) is 2. The summed E-state index contributed by atoms with van der Waals surface area (Å²) in [6, 6.07) is 0. The van der Waals surface area contributed by atoms with E-state index in [1.54, 1.807) is 7.05 Å². The maximum atomic E-state index is 12.4. The third-order valence-corrected chi connectivity index (χ3v) is 3.28. The van der Waals surface area contributed by atoms with E-state index in [2.05, 4.69) is 34.5 Å². The lowest BCUT2D eigenvalue weighted by Gasteiger charge is -2.12. The molecule has 4 nitrogen and oxygen atoms in total. The van der Waals surface area contributed by atoms with Gasteiger partial charge in [0.15, 0.2) is 11.7 Å². The van der Waals surface area contributed by atoms with Crippen molar-refractivity contribution in [1.82, 2.24) is 15.6 Å². The lowest BCUT2D eigenvalue weighted by molar-refractivity contribution is -0.140. The van der Waals surface area contributed by atoms with Crippen LogP contribution in [0.15, 0.2) is 10.4 Å². The quantitative estimate of drug-likeness (QED) is 0.424. The van der Waals surface area contributed by atoms with Crippen molar-refractivity contribution in [1.29, 1.82) is 0 Å². The zero-order chi connectivity index (χ0) is 15.2. The van der Waals surface area contributed by atoms with Gasteiger partial charge in [0.05, 0.1) is 5.01 Å². The Balaban J connectivity index is 0.00000400. The number of thiazole rings is 1. The van der Waals surface area contributed by atoms with Gasteiger partial charge in [0.1, 0.15) is 0 Å². The molecule has 2 N–H and O–H groups in total. The van der Waals surface area contributed by atoms with Crippen LogP contribution in [0.4, 0.5) is 13.2 Å². The third-order valence-electron chi connectivity index (χ3n) is 2.37. The Kier molecular flexibility index (Phi) is 9.18. The Morgan fingerprint density at radius 1 is 1.38 bits per heavy atom. The van der Waals surface area contributed by atoms with Crippen LogP contribution in [0.5, 0.6) is 0 Å². The first-order valence-electron chi connectivity index (χ1n) is 6.29. The predicted octanol–water partition coefficient (Wildman–Crippen LogP) is 3.14. The van der Waals surface area contributed by atoms with Crippen molar-refractivity contribution < 1.29 is 13.2 Å². The highest BCUT2D eigenvalue weighted by Crippen LogP contribution is 2.29. The molecule has 0 aliphatic heterocycles. The van der Waals surface area contributed by atoms with Crippen LogP contribution in [-0.2, 0) is 12.6 Å². The molecular weight excluding hydrogens is 416 g/mol. The van der Waals surface area contributed by atoms with Crippen LogP contribution in [0.3, 0.4) is 0 Å². The minimum Gasteiger partial charge on any atom is -0.356 e. The minimum absolute atomic E-state index is 0. The van der Waals surface area contributed by atoms with Gasteiger partial charge in [-0.25, -0.2) is 4.98 Å². The number of nitrogens with zero attached hydrogens (tertiary/aromatic N) is 2. The Hall–Kier alpha value is -0.580. The van der Waals surface area contributed by atoms with Crippen LogP contribution in [0.25, 0.3) is 0 Å². The largest absolute Gasteiger partial charge is 0.434 e. The molecule has 0 unspecified atom stereocenters. The number of alkyl halides is 3. The fourth-order valence-corrected chi connectivity index (χ4v) is 2.17. The van der Waals surface area contributed by atoms with Crippen molar-refractivity contribution in [2.24, 2.45) is 10.9 Å². The van der Waals surface area contributed by atoms with Crippen molar-refractivity contribution in [3.05, 3.63) is 16.1 Å². The Labute approximate surface area is 143 Å². The highest BCUT2D eigenvalue weighted by Gasteiger charge is 2.33. The summed E-state index contributed by atoms with van der Waals surface area (Å²) < 4.78 is 37.1. The first kappa shape index (κ1) is 20.4. The molecule has 0 atom stereocenters. The number of hydrogen-bond acceptors (Lipinski definition) is 3. The molecule has 1 aromatic heterocycles. The van der Waals surface area contributed by atoms with Gasteiger partial charge in [-0.2, -0.15) is 13.2 Å². The van der Waals surface area contributed by atoms with Crippen LogP contribution < -0.4 is 10.6 Å². The average molecular weight is 436 g/mol. The Morgan fingerprint density at radius 3 is 2.52 bits per heavy atom. The van der Waals surface area contributed by atoms with E-state index in [0.29, 0.717) is 29.9 Å². The molecule has 21 heavy (non-hydrogen) atoms. The fourth-order valence-electron chi connectivity index (χ4n) is 1.37. The summed E-state index contributed by atoms with van der Waals surface area (Å²) in [7, 11) is 1.65. The van der Waals surface area contributed by atoms with Crippen LogP contribution >= 0.6 is 35.3 Å². The Bertz CT molecular complexity index is 446. The van der Waals surface area contributed by atoms with Gasteiger partial charge in [-0.3, -0.25) is 4.99 Å². The summed E-state index contributed by atoms with van der Waals surface area (Å²) in [5.74, 6) is 1.13. The monoisotopic (exact) mass is 436 g/mol. The molecule has 0 amide bonds. The molecule has 9 heteroatoms. The molecule has 0 saturated heterocycles. The van der Waals surface area contributed by atoms with E-state index in [1.807, 2.05) is 0 Å². The molecule has 1 heterocycles. The SMILES string of the molecule is CN=C(NCCc1nc(C(F)(F)F)cs1)NCC(C)C.I. The van der Waals surface area contributed by atoms with E-state index in [4.69, 9.17) is 0 Å². The van der Waals surface area contributed by atoms with E-state index in [-0.39, 0.29) is 24.0 Å². The third kappa shape index (κ3) is 7.84. The summed E-state index contributed by atoms with van der Waals surface area (Å²) >= 11 is 1.02. The van der Waals surface area contributed by atoms with E-state index < -0.39 is 11.9 Å². The zero-order valence-corrected chi connectivity index (χ0v) is 15.3. The van der Waals surface area contributed by atoms with Crippen LogP contribution in [0.1, 0.15) is 24.5 Å². The number of aliphatic imine (C=N–C) groups is 1. The van der Waals surface area contributed by atoms with Gasteiger partial charge in [0, 0.05) is 31.9 Å². The van der Waals surface area contributed by atoms with Gasteiger partial charge in [0.25, 0.3) is 0 Å². The summed E-state index contributed by atoms with van der Waals surface area (Å²) in [4.78, 5) is 7.60. The standard InChI is InChI=1S/C12H19F3N4S.HI/c1-8(2)6-18-11(16-3)17-5-4-10-19-9(7-20-10)12(13,14)15;/h7-8H,4-6H2,1-3H3,(H2,16,17,18);1H. The number of rotatable bonds is 5. The summed E-state index contributed by atoms with van der Waals surface area (Å²) in [5, 5.41) is 7.68. The van der Waals surface area contributed by atoms with Crippen molar-refractivity contribution in [3.63, 3.8) is 0 Å². The molecule has 0 radical (unpaired) electrons. The second-order valence-electron chi connectivity index (χ2n) is 4.65. The molecule has 0 fully saturated rings. The van der Waals surface area contributed by atoms with E-state index in [0.717, 1.165) is 23.3 Å². The average Bonchev–Trinajstić information content (AvgIpc) is 2.81. The number of nitrogens with one attached hydrogen (secondary N) is 2. The van der Waals surface area contributed by atoms with E-state index in [9.17, 15) is 13.2 Å². The second-order valence-corrected chi connectivity index (χ2v) is 5.59. The topological polar surface area (TPSA) is 49.3 Å². The first-order valence-corrected chi connectivity index (χ1v) is 7.17. The van der Waals surface area contributed by atoms with Gasteiger partial charge >= 0.3 is 6.18 Å².